The summed E-state index contributed by atoms with van der Waals surface area (Å²) in [6.45, 7) is 5.22. The molecule has 4 N–H and O–H groups in total. The van der Waals surface area contributed by atoms with Gasteiger partial charge in [-0.25, -0.2) is 17.5 Å². The third kappa shape index (κ3) is 5.03. The summed E-state index contributed by atoms with van der Waals surface area (Å²) in [5, 5.41) is 2.83. The van der Waals surface area contributed by atoms with Gasteiger partial charge in [0.1, 0.15) is 5.82 Å². The van der Waals surface area contributed by atoms with Crippen LogP contribution in [0.1, 0.15) is 54.6 Å². The van der Waals surface area contributed by atoms with Gasteiger partial charge in [0.2, 0.25) is 21.8 Å². The Kier molecular flexibility index (Phi) is 6.49. The molecular weight excluding hydrogens is 481 g/mol. The molecule has 0 saturated heterocycles. The molecule has 1 aliphatic rings. The zero-order valence-corrected chi connectivity index (χ0v) is 21.0. The topological polar surface area (TPSA) is 118 Å². The molecule has 9 heteroatoms. The number of carbonyl (C=O) groups is 2. The Labute approximate surface area is 210 Å². The Morgan fingerprint density at radius 3 is 2.22 bits per heavy atom. The van der Waals surface area contributed by atoms with E-state index in [0.717, 1.165) is 11.6 Å². The molecule has 0 heterocycles. The van der Waals surface area contributed by atoms with Gasteiger partial charge in [-0.3, -0.25) is 9.59 Å². The van der Waals surface area contributed by atoms with Crippen molar-refractivity contribution < 1.29 is 22.4 Å². The van der Waals surface area contributed by atoms with Gasteiger partial charge in [0.15, 0.2) is 0 Å². The van der Waals surface area contributed by atoms with Crippen LogP contribution in [-0.4, -0.2) is 25.8 Å². The van der Waals surface area contributed by atoms with Crippen molar-refractivity contribution in [2.75, 3.05) is 5.32 Å². The van der Waals surface area contributed by atoms with E-state index < -0.39 is 38.6 Å². The first-order valence-electron chi connectivity index (χ1n) is 11.4. The Morgan fingerprint density at radius 2 is 1.64 bits per heavy atom. The summed E-state index contributed by atoms with van der Waals surface area (Å²) in [5.74, 6) is -2.07. The Morgan fingerprint density at radius 1 is 1.00 bits per heavy atom. The maximum Gasteiger partial charge on any atom is 0.249 e. The molecule has 3 aromatic rings. The van der Waals surface area contributed by atoms with Gasteiger partial charge in [-0.05, 0) is 80.8 Å². The van der Waals surface area contributed by atoms with Crippen molar-refractivity contribution >= 4 is 27.5 Å². The van der Waals surface area contributed by atoms with Crippen LogP contribution in [-0.2, 0) is 20.2 Å². The maximum absolute atomic E-state index is 14.3. The number of amides is 2. The molecule has 36 heavy (non-hydrogen) atoms. The van der Waals surface area contributed by atoms with E-state index in [9.17, 15) is 22.4 Å². The molecule has 1 fully saturated rings. The van der Waals surface area contributed by atoms with E-state index in [-0.39, 0.29) is 21.9 Å². The summed E-state index contributed by atoms with van der Waals surface area (Å²) in [5.41, 5.74) is 5.26. The highest BCUT2D eigenvalue weighted by Crippen LogP contribution is 2.61. The van der Waals surface area contributed by atoms with Crippen molar-refractivity contribution in [2.24, 2.45) is 5.73 Å². The summed E-state index contributed by atoms with van der Waals surface area (Å²) in [4.78, 5) is 25.9. The second-order valence-electron chi connectivity index (χ2n) is 10.0. The van der Waals surface area contributed by atoms with Gasteiger partial charge in [-0.15, -0.1) is 0 Å². The molecular formula is C27H28FN3O4S. The van der Waals surface area contributed by atoms with Crippen LogP contribution in [0.2, 0.25) is 0 Å². The standard InChI is InChI=1S/C27H28FN3O4S/c1-26(2,3)31-36(34,35)20-12-10-19(11-13-20)30-25(33)27(16-23(27)17-7-5-4-6-8-17)22-15-18(28)9-14-21(22)24(29)32/h4-15,23,31H,16H2,1-3H3,(H2,29,32)(H,30,33). The fraction of sp³-hybridized carbons (Fsp3) is 0.259. The summed E-state index contributed by atoms with van der Waals surface area (Å²) in [7, 11) is -3.74. The normalized spacial score (nSPS) is 19.5. The number of primary amides is 1. The van der Waals surface area contributed by atoms with Crippen molar-refractivity contribution in [1.82, 2.24) is 4.72 Å². The Hall–Kier alpha value is -3.56. The third-order valence-electron chi connectivity index (χ3n) is 6.16. The number of sulfonamides is 1. The van der Waals surface area contributed by atoms with Crippen molar-refractivity contribution in [3.8, 4) is 0 Å². The minimum Gasteiger partial charge on any atom is -0.366 e. The van der Waals surface area contributed by atoms with Gasteiger partial charge >= 0.3 is 0 Å². The highest BCUT2D eigenvalue weighted by Gasteiger charge is 2.62. The summed E-state index contributed by atoms with van der Waals surface area (Å²) in [6.07, 6.45) is 0.356. The number of nitrogens with two attached hydrogens (primary N) is 1. The van der Waals surface area contributed by atoms with Crippen LogP contribution in [0.3, 0.4) is 0 Å². The number of anilines is 1. The van der Waals surface area contributed by atoms with Gasteiger partial charge in [0.05, 0.1) is 10.3 Å². The number of rotatable bonds is 7. The lowest BCUT2D eigenvalue weighted by molar-refractivity contribution is -0.118. The maximum atomic E-state index is 14.3. The van der Waals surface area contributed by atoms with Crippen LogP contribution in [0.25, 0.3) is 0 Å². The summed E-state index contributed by atoms with van der Waals surface area (Å²) >= 11 is 0. The van der Waals surface area contributed by atoms with E-state index in [2.05, 4.69) is 10.0 Å². The molecule has 2 amide bonds. The highest BCUT2D eigenvalue weighted by atomic mass is 32.2. The van der Waals surface area contributed by atoms with E-state index in [1.54, 1.807) is 20.8 Å². The number of hydrogen-bond acceptors (Lipinski definition) is 4. The minimum absolute atomic E-state index is 0.0554. The lowest BCUT2D eigenvalue weighted by Gasteiger charge is -2.21. The van der Waals surface area contributed by atoms with Crippen LogP contribution < -0.4 is 15.8 Å². The van der Waals surface area contributed by atoms with Crippen molar-refractivity contribution in [1.29, 1.82) is 0 Å². The average Bonchev–Trinajstić information content (AvgIpc) is 3.55. The van der Waals surface area contributed by atoms with Gasteiger partial charge < -0.3 is 11.1 Å². The number of benzene rings is 3. The van der Waals surface area contributed by atoms with E-state index in [4.69, 9.17) is 5.73 Å². The SMILES string of the molecule is CC(C)(C)NS(=O)(=O)c1ccc(NC(=O)C2(c3cc(F)ccc3C(N)=O)CC2c2ccccc2)cc1. The highest BCUT2D eigenvalue weighted by molar-refractivity contribution is 7.89. The second-order valence-corrected chi connectivity index (χ2v) is 11.7. The van der Waals surface area contributed by atoms with E-state index in [0.29, 0.717) is 12.1 Å². The Bertz CT molecular complexity index is 1420. The van der Waals surface area contributed by atoms with Crippen LogP contribution >= 0.6 is 0 Å². The average molecular weight is 510 g/mol. The van der Waals surface area contributed by atoms with Crippen molar-refractivity contribution in [2.45, 2.75) is 49.0 Å². The van der Waals surface area contributed by atoms with Gasteiger partial charge in [0, 0.05) is 22.7 Å². The molecule has 0 bridgehead atoms. The van der Waals surface area contributed by atoms with Crippen molar-refractivity contribution in [3.05, 3.63) is 95.3 Å². The second kappa shape index (κ2) is 9.15. The van der Waals surface area contributed by atoms with Gasteiger partial charge in [-0.2, -0.15) is 0 Å². The number of hydrogen-bond donors (Lipinski definition) is 3. The molecule has 1 aliphatic carbocycles. The fourth-order valence-corrected chi connectivity index (χ4v) is 5.96. The molecule has 4 rings (SSSR count). The number of nitrogens with one attached hydrogen (secondary N) is 2. The molecule has 1 saturated carbocycles. The lowest BCUT2D eigenvalue weighted by Crippen LogP contribution is -2.40. The molecule has 188 valence electrons. The summed E-state index contributed by atoms with van der Waals surface area (Å²) in [6, 6.07) is 18.7. The number of carbonyl (C=O) groups excluding carboxylic acids is 2. The molecule has 3 aromatic carbocycles. The predicted molar refractivity (Wildman–Crippen MR) is 136 cm³/mol. The van der Waals surface area contributed by atoms with E-state index in [1.165, 1.54) is 36.4 Å². The first-order valence-corrected chi connectivity index (χ1v) is 12.9. The van der Waals surface area contributed by atoms with Crippen LogP contribution in [0.4, 0.5) is 10.1 Å². The van der Waals surface area contributed by atoms with E-state index >= 15 is 0 Å². The van der Waals surface area contributed by atoms with Crippen LogP contribution in [0, 0.1) is 5.82 Å². The molecule has 2 unspecified atom stereocenters. The monoisotopic (exact) mass is 509 g/mol. The predicted octanol–water partition coefficient (Wildman–Crippen LogP) is 4.07. The Balaban J connectivity index is 1.69. The lowest BCUT2D eigenvalue weighted by atomic mass is 9.86. The molecule has 0 spiro atoms. The molecule has 2 atom stereocenters. The fourth-order valence-electron chi connectivity index (χ4n) is 4.54. The first kappa shape index (κ1) is 25.5. The van der Waals surface area contributed by atoms with Crippen molar-refractivity contribution in [3.63, 3.8) is 0 Å². The van der Waals surface area contributed by atoms with E-state index in [1.807, 2.05) is 30.3 Å². The smallest absolute Gasteiger partial charge is 0.249 e. The molecule has 0 aromatic heterocycles. The molecule has 0 aliphatic heterocycles. The van der Waals surface area contributed by atoms with Crippen LogP contribution in [0.15, 0.2) is 77.7 Å². The minimum atomic E-state index is -3.74. The summed E-state index contributed by atoms with van der Waals surface area (Å²) < 4.78 is 42.1. The van der Waals surface area contributed by atoms with Gasteiger partial charge in [-0.1, -0.05) is 30.3 Å². The zero-order chi connectivity index (χ0) is 26.3. The van der Waals surface area contributed by atoms with Crippen LogP contribution in [0.5, 0.6) is 0 Å². The zero-order valence-electron chi connectivity index (χ0n) is 20.2. The largest absolute Gasteiger partial charge is 0.366 e. The number of halogens is 1. The quantitative estimate of drug-likeness (QED) is 0.445. The third-order valence-corrected chi connectivity index (χ3v) is 7.93. The first-order chi connectivity index (χ1) is 16.8. The molecule has 0 radical (unpaired) electrons. The van der Waals surface area contributed by atoms with Gasteiger partial charge in [0.25, 0.3) is 0 Å². The molecule has 7 nitrogen and oxygen atoms in total.